The minimum atomic E-state index is -0.183. The first-order valence-corrected chi connectivity index (χ1v) is 6.20. The molecular weight excluding hydrogens is 225 g/mol. The number of rotatable bonds is 6. The maximum absolute atomic E-state index is 12.9. The molecule has 0 saturated carbocycles. The largest absolute Gasteiger partial charge is 0.310 e. The number of benzene rings is 1. The molecule has 0 aliphatic rings. The summed E-state index contributed by atoms with van der Waals surface area (Å²) in [4.78, 5) is 0. The average Bonchev–Trinajstić information content (AvgIpc) is 2.24. The Morgan fingerprint density at radius 1 is 1.38 bits per heavy atom. The maximum Gasteiger partial charge on any atom is 0.123 e. The van der Waals surface area contributed by atoms with E-state index in [0.29, 0.717) is 24.4 Å². The summed E-state index contributed by atoms with van der Waals surface area (Å²) in [6.45, 7) is 5.02. The van der Waals surface area contributed by atoms with E-state index in [9.17, 15) is 4.39 Å². The molecule has 1 aromatic rings. The van der Waals surface area contributed by atoms with Crippen LogP contribution in [0.5, 0.6) is 0 Å². The molecule has 0 heterocycles. The molecule has 0 spiro atoms. The first-order valence-electron chi connectivity index (χ1n) is 5.67. The molecule has 1 rings (SSSR count). The van der Waals surface area contributed by atoms with Crippen molar-refractivity contribution in [2.75, 3.05) is 5.88 Å². The lowest BCUT2D eigenvalue weighted by Crippen LogP contribution is -2.33. The lowest BCUT2D eigenvalue weighted by atomic mass is 10.0. The van der Waals surface area contributed by atoms with Crippen molar-refractivity contribution < 1.29 is 4.39 Å². The standard InChI is InChI=1S/C13H19ClFN/c1-10(2)13(6-7-14)16-9-11-4-3-5-12(15)8-11/h3-5,8,10,13,16H,6-7,9H2,1-2H3. The molecule has 0 saturated heterocycles. The molecule has 1 N–H and O–H groups in total. The highest BCUT2D eigenvalue weighted by Crippen LogP contribution is 2.09. The molecule has 0 aliphatic heterocycles. The van der Waals surface area contributed by atoms with E-state index in [1.807, 2.05) is 6.07 Å². The van der Waals surface area contributed by atoms with Gasteiger partial charge in [0.15, 0.2) is 0 Å². The first kappa shape index (κ1) is 13.5. The number of halogens is 2. The fourth-order valence-corrected chi connectivity index (χ4v) is 1.92. The zero-order valence-electron chi connectivity index (χ0n) is 9.84. The average molecular weight is 244 g/mol. The van der Waals surface area contributed by atoms with Gasteiger partial charge in [-0.25, -0.2) is 4.39 Å². The van der Waals surface area contributed by atoms with Crippen LogP contribution in [-0.2, 0) is 6.54 Å². The molecule has 1 atom stereocenters. The third-order valence-corrected chi connectivity index (χ3v) is 2.90. The highest BCUT2D eigenvalue weighted by molar-refractivity contribution is 6.17. The van der Waals surface area contributed by atoms with Crippen LogP contribution in [0.25, 0.3) is 0 Å². The van der Waals surface area contributed by atoms with Gasteiger partial charge in [-0.05, 0) is 30.0 Å². The van der Waals surface area contributed by atoms with E-state index in [1.165, 1.54) is 6.07 Å². The van der Waals surface area contributed by atoms with Crippen molar-refractivity contribution in [1.82, 2.24) is 5.32 Å². The molecule has 3 heteroatoms. The van der Waals surface area contributed by atoms with E-state index < -0.39 is 0 Å². The van der Waals surface area contributed by atoms with Crippen molar-refractivity contribution in [3.05, 3.63) is 35.6 Å². The monoisotopic (exact) mass is 243 g/mol. The second-order valence-corrected chi connectivity index (χ2v) is 4.72. The van der Waals surface area contributed by atoms with Gasteiger partial charge in [-0.2, -0.15) is 0 Å². The lowest BCUT2D eigenvalue weighted by molar-refractivity contribution is 0.388. The second kappa shape index (κ2) is 6.87. The van der Waals surface area contributed by atoms with Crippen LogP contribution in [0.2, 0.25) is 0 Å². The summed E-state index contributed by atoms with van der Waals surface area (Å²) in [5.41, 5.74) is 0.972. The predicted octanol–water partition coefficient (Wildman–Crippen LogP) is 3.57. The summed E-state index contributed by atoms with van der Waals surface area (Å²) in [5.74, 6) is 1.00. The Morgan fingerprint density at radius 3 is 2.69 bits per heavy atom. The summed E-state index contributed by atoms with van der Waals surface area (Å²) in [6.07, 6.45) is 0.939. The Labute approximate surface area is 102 Å². The molecule has 0 aromatic heterocycles. The van der Waals surface area contributed by atoms with Gasteiger partial charge in [0.2, 0.25) is 0 Å². The van der Waals surface area contributed by atoms with Crippen LogP contribution in [0, 0.1) is 11.7 Å². The van der Waals surface area contributed by atoms with E-state index in [0.717, 1.165) is 12.0 Å². The third-order valence-electron chi connectivity index (χ3n) is 2.68. The SMILES string of the molecule is CC(C)C(CCCl)NCc1cccc(F)c1. The highest BCUT2D eigenvalue weighted by Gasteiger charge is 2.11. The zero-order valence-corrected chi connectivity index (χ0v) is 10.6. The van der Waals surface area contributed by atoms with Crippen molar-refractivity contribution in [3.63, 3.8) is 0 Å². The number of hydrogen-bond acceptors (Lipinski definition) is 1. The van der Waals surface area contributed by atoms with Gasteiger partial charge >= 0.3 is 0 Å². The van der Waals surface area contributed by atoms with Gasteiger partial charge in [0, 0.05) is 18.5 Å². The lowest BCUT2D eigenvalue weighted by Gasteiger charge is -2.21. The number of hydrogen-bond donors (Lipinski definition) is 1. The van der Waals surface area contributed by atoms with Crippen molar-refractivity contribution in [3.8, 4) is 0 Å². The molecule has 0 radical (unpaired) electrons. The molecule has 0 aliphatic carbocycles. The van der Waals surface area contributed by atoms with Crippen LogP contribution >= 0.6 is 11.6 Å². The summed E-state index contributed by atoms with van der Waals surface area (Å²) in [6, 6.07) is 7.07. The topological polar surface area (TPSA) is 12.0 Å². The molecule has 90 valence electrons. The Bertz CT molecular complexity index is 315. The Hall–Kier alpha value is -0.600. The van der Waals surface area contributed by atoms with E-state index in [1.54, 1.807) is 12.1 Å². The normalized spacial score (nSPS) is 13.1. The summed E-state index contributed by atoms with van der Waals surface area (Å²) >= 11 is 5.75. The molecule has 0 fully saturated rings. The Balaban J connectivity index is 2.48. The van der Waals surface area contributed by atoms with Gasteiger partial charge in [0.1, 0.15) is 5.82 Å². The number of alkyl halides is 1. The minimum Gasteiger partial charge on any atom is -0.310 e. The van der Waals surface area contributed by atoms with E-state index >= 15 is 0 Å². The van der Waals surface area contributed by atoms with Gasteiger partial charge in [-0.3, -0.25) is 0 Å². The molecule has 0 amide bonds. The second-order valence-electron chi connectivity index (χ2n) is 4.34. The van der Waals surface area contributed by atoms with Gasteiger partial charge in [0.05, 0.1) is 0 Å². The minimum absolute atomic E-state index is 0.183. The summed E-state index contributed by atoms with van der Waals surface area (Å²) in [7, 11) is 0. The van der Waals surface area contributed by atoms with Crippen LogP contribution in [0.3, 0.4) is 0 Å². The van der Waals surface area contributed by atoms with Crippen LogP contribution in [0.15, 0.2) is 24.3 Å². The van der Waals surface area contributed by atoms with Gasteiger partial charge in [-0.15, -0.1) is 11.6 Å². The Kier molecular flexibility index (Phi) is 5.78. The summed E-state index contributed by atoms with van der Waals surface area (Å²) < 4.78 is 12.9. The van der Waals surface area contributed by atoms with Crippen molar-refractivity contribution in [2.45, 2.75) is 32.9 Å². The van der Waals surface area contributed by atoms with Gasteiger partial charge in [-0.1, -0.05) is 26.0 Å². The van der Waals surface area contributed by atoms with Crippen molar-refractivity contribution in [1.29, 1.82) is 0 Å². The molecule has 1 aromatic carbocycles. The van der Waals surface area contributed by atoms with Crippen molar-refractivity contribution >= 4 is 11.6 Å². The molecular formula is C13H19ClFN. The molecule has 1 unspecified atom stereocenters. The summed E-state index contributed by atoms with van der Waals surface area (Å²) in [5, 5.41) is 3.41. The third kappa shape index (κ3) is 4.50. The fraction of sp³-hybridized carbons (Fsp3) is 0.538. The van der Waals surface area contributed by atoms with Gasteiger partial charge in [0.25, 0.3) is 0 Å². The molecule has 1 nitrogen and oxygen atoms in total. The highest BCUT2D eigenvalue weighted by atomic mass is 35.5. The van der Waals surface area contributed by atoms with E-state index in [2.05, 4.69) is 19.2 Å². The number of nitrogens with one attached hydrogen (secondary N) is 1. The smallest absolute Gasteiger partial charge is 0.123 e. The molecule has 0 bridgehead atoms. The fourth-order valence-electron chi connectivity index (χ4n) is 1.68. The zero-order chi connectivity index (χ0) is 12.0. The quantitative estimate of drug-likeness (QED) is 0.754. The first-order chi connectivity index (χ1) is 7.63. The van der Waals surface area contributed by atoms with E-state index in [4.69, 9.17) is 11.6 Å². The maximum atomic E-state index is 12.9. The van der Waals surface area contributed by atoms with Crippen molar-refractivity contribution in [2.24, 2.45) is 5.92 Å². The van der Waals surface area contributed by atoms with Crippen LogP contribution < -0.4 is 5.32 Å². The van der Waals surface area contributed by atoms with E-state index in [-0.39, 0.29) is 5.82 Å². The van der Waals surface area contributed by atoms with Crippen LogP contribution in [0.4, 0.5) is 4.39 Å². The Morgan fingerprint density at radius 2 is 2.12 bits per heavy atom. The predicted molar refractivity (Wildman–Crippen MR) is 67.2 cm³/mol. The van der Waals surface area contributed by atoms with Crippen LogP contribution in [-0.4, -0.2) is 11.9 Å². The molecule has 16 heavy (non-hydrogen) atoms. The van der Waals surface area contributed by atoms with Gasteiger partial charge < -0.3 is 5.32 Å². The van der Waals surface area contributed by atoms with Crippen LogP contribution in [0.1, 0.15) is 25.8 Å².